The summed E-state index contributed by atoms with van der Waals surface area (Å²) < 4.78 is 25.7. The number of hydrogen-bond acceptors (Lipinski definition) is 1. The van der Waals surface area contributed by atoms with E-state index < -0.39 is 11.8 Å². The fraction of sp³-hybridized carbons (Fsp3) is 0.889. The van der Waals surface area contributed by atoms with Crippen LogP contribution in [0.4, 0.5) is 8.78 Å². The molecule has 1 saturated heterocycles. The predicted octanol–water partition coefficient (Wildman–Crippen LogP) is 1.90. The lowest BCUT2D eigenvalue weighted by Gasteiger charge is -2.18. The Balaban J connectivity index is 2.60. The van der Waals surface area contributed by atoms with Crippen molar-refractivity contribution in [2.75, 3.05) is 13.1 Å². The third-order valence-corrected chi connectivity index (χ3v) is 2.40. The van der Waals surface area contributed by atoms with Crippen LogP contribution in [-0.4, -0.2) is 29.8 Å². The first-order valence-corrected chi connectivity index (χ1v) is 4.63. The third-order valence-electron chi connectivity index (χ3n) is 2.40. The van der Waals surface area contributed by atoms with Crippen molar-refractivity contribution < 1.29 is 13.6 Å². The number of rotatable bonds is 3. The maximum atomic E-state index is 12.8. The Morgan fingerprint density at radius 1 is 1.62 bits per heavy atom. The van der Waals surface area contributed by atoms with Gasteiger partial charge in [0, 0.05) is 20.0 Å². The Bertz CT molecular complexity index is 200. The van der Waals surface area contributed by atoms with Gasteiger partial charge < -0.3 is 4.90 Å². The van der Waals surface area contributed by atoms with Crippen LogP contribution < -0.4 is 0 Å². The number of amides is 1. The smallest absolute Gasteiger partial charge is 0.256 e. The van der Waals surface area contributed by atoms with Gasteiger partial charge in [0.1, 0.15) is 5.92 Å². The number of halogens is 2. The van der Waals surface area contributed by atoms with Crippen molar-refractivity contribution in [1.29, 1.82) is 0 Å². The first-order chi connectivity index (χ1) is 5.96. The predicted molar refractivity (Wildman–Crippen MR) is 45.6 cm³/mol. The van der Waals surface area contributed by atoms with E-state index in [0.717, 1.165) is 13.3 Å². The molecule has 1 unspecified atom stereocenters. The van der Waals surface area contributed by atoms with Crippen LogP contribution in [0.15, 0.2) is 0 Å². The minimum atomic E-state index is -2.86. The number of carbonyl (C=O) groups is 1. The quantitative estimate of drug-likeness (QED) is 0.667. The van der Waals surface area contributed by atoms with E-state index in [1.165, 1.54) is 4.90 Å². The zero-order valence-corrected chi connectivity index (χ0v) is 8.02. The molecule has 1 aliphatic heterocycles. The van der Waals surface area contributed by atoms with Crippen molar-refractivity contribution in [2.45, 2.75) is 32.6 Å². The number of nitrogens with zero attached hydrogens (tertiary/aromatic N) is 1. The summed E-state index contributed by atoms with van der Waals surface area (Å²) in [5.74, 6) is -4.33. The van der Waals surface area contributed by atoms with Crippen LogP contribution in [0.2, 0.25) is 0 Å². The molecule has 0 radical (unpaired) electrons. The van der Waals surface area contributed by atoms with E-state index in [9.17, 15) is 13.6 Å². The number of carbonyl (C=O) groups excluding carboxylic acids is 1. The molecule has 0 aromatic rings. The molecule has 1 aliphatic rings. The van der Waals surface area contributed by atoms with Gasteiger partial charge in [0.15, 0.2) is 0 Å². The molecule has 0 bridgehead atoms. The molecular weight excluding hydrogens is 176 g/mol. The SMILES string of the molecule is CCCN1CCC(C(C)(F)F)C1=O. The second-order valence-corrected chi connectivity index (χ2v) is 3.62. The molecule has 13 heavy (non-hydrogen) atoms. The summed E-state index contributed by atoms with van der Waals surface area (Å²) in [7, 11) is 0. The van der Waals surface area contributed by atoms with Crippen molar-refractivity contribution >= 4 is 5.91 Å². The highest BCUT2D eigenvalue weighted by Crippen LogP contribution is 2.32. The largest absolute Gasteiger partial charge is 0.342 e. The van der Waals surface area contributed by atoms with E-state index in [-0.39, 0.29) is 5.91 Å². The van der Waals surface area contributed by atoms with Gasteiger partial charge in [-0.1, -0.05) is 6.92 Å². The summed E-state index contributed by atoms with van der Waals surface area (Å²) in [6, 6.07) is 0. The fourth-order valence-corrected chi connectivity index (χ4v) is 1.70. The topological polar surface area (TPSA) is 20.3 Å². The molecule has 0 aromatic heterocycles. The Kier molecular flexibility index (Phi) is 2.88. The zero-order valence-electron chi connectivity index (χ0n) is 8.02. The maximum absolute atomic E-state index is 12.8. The minimum absolute atomic E-state index is 0.294. The Morgan fingerprint density at radius 2 is 2.23 bits per heavy atom. The molecule has 4 heteroatoms. The van der Waals surface area contributed by atoms with Gasteiger partial charge in [-0.15, -0.1) is 0 Å². The van der Waals surface area contributed by atoms with Crippen molar-refractivity contribution in [3.8, 4) is 0 Å². The molecule has 2 nitrogen and oxygen atoms in total. The van der Waals surface area contributed by atoms with E-state index in [1.54, 1.807) is 0 Å². The zero-order chi connectivity index (χ0) is 10.1. The van der Waals surface area contributed by atoms with Crippen molar-refractivity contribution in [3.05, 3.63) is 0 Å². The highest BCUT2D eigenvalue weighted by Gasteiger charge is 2.45. The van der Waals surface area contributed by atoms with Gasteiger partial charge >= 0.3 is 0 Å². The normalized spacial score (nSPS) is 24.2. The molecule has 0 spiro atoms. The van der Waals surface area contributed by atoms with E-state index in [0.29, 0.717) is 19.5 Å². The molecular formula is C9H15F2NO. The molecule has 1 rings (SSSR count). The summed E-state index contributed by atoms with van der Waals surface area (Å²) in [6.07, 6.45) is 1.12. The van der Waals surface area contributed by atoms with Crippen LogP contribution in [0.3, 0.4) is 0 Å². The van der Waals surface area contributed by atoms with Crippen LogP contribution in [0.5, 0.6) is 0 Å². The molecule has 0 saturated carbocycles. The Labute approximate surface area is 76.9 Å². The lowest BCUT2D eigenvalue weighted by Crippen LogP contribution is -2.34. The van der Waals surface area contributed by atoms with Crippen LogP contribution in [0.1, 0.15) is 26.7 Å². The van der Waals surface area contributed by atoms with Crippen molar-refractivity contribution in [2.24, 2.45) is 5.92 Å². The summed E-state index contributed by atoms with van der Waals surface area (Å²) in [5.41, 5.74) is 0. The summed E-state index contributed by atoms with van der Waals surface area (Å²) in [6.45, 7) is 3.85. The van der Waals surface area contributed by atoms with E-state index in [2.05, 4.69) is 0 Å². The lowest BCUT2D eigenvalue weighted by atomic mass is 10.0. The van der Waals surface area contributed by atoms with Crippen LogP contribution >= 0.6 is 0 Å². The highest BCUT2D eigenvalue weighted by atomic mass is 19.3. The van der Waals surface area contributed by atoms with Gasteiger partial charge in [-0.05, 0) is 12.8 Å². The molecule has 0 aromatic carbocycles. The van der Waals surface area contributed by atoms with Crippen LogP contribution in [-0.2, 0) is 4.79 Å². The Hall–Kier alpha value is -0.670. The van der Waals surface area contributed by atoms with Crippen molar-refractivity contribution in [3.63, 3.8) is 0 Å². The fourth-order valence-electron chi connectivity index (χ4n) is 1.70. The molecule has 1 atom stereocenters. The summed E-state index contributed by atoms with van der Waals surface area (Å²) in [5, 5.41) is 0. The first kappa shape index (κ1) is 10.4. The summed E-state index contributed by atoms with van der Waals surface area (Å²) in [4.78, 5) is 12.9. The average Bonchev–Trinajstić information content (AvgIpc) is 2.32. The maximum Gasteiger partial charge on any atom is 0.256 e. The molecule has 0 N–H and O–H groups in total. The minimum Gasteiger partial charge on any atom is -0.342 e. The number of likely N-dealkylation sites (tertiary alicyclic amines) is 1. The second kappa shape index (κ2) is 3.60. The highest BCUT2D eigenvalue weighted by molar-refractivity contribution is 5.81. The molecule has 1 heterocycles. The lowest BCUT2D eigenvalue weighted by molar-refractivity contribution is -0.141. The van der Waals surface area contributed by atoms with E-state index >= 15 is 0 Å². The Morgan fingerprint density at radius 3 is 2.62 bits per heavy atom. The molecule has 1 amide bonds. The number of alkyl halides is 2. The first-order valence-electron chi connectivity index (χ1n) is 4.63. The van der Waals surface area contributed by atoms with Gasteiger partial charge in [0.2, 0.25) is 5.91 Å². The van der Waals surface area contributed by atoms with Crippen LogP contribution in [0.25, 0.3) is 0 Å². The van der Waals surface area contributed by atoms with Gasteiger partial charge in [0.25, 0.3) is 5.92 Å². The van der Waals surface area contributed by atoms with Gasteiger partial charge in [-0.2, -0.15) is 0 Å². The molecule has 76 valence electrons. The average molecular weight is 191 g/mol. The van der Waals surface area contributed by atoms with Gasteiger partial charge in [-0.3, -0.25) is 4.79 Å². The third kappa shape index (κ3) is 2.17. The van der Waals surface area contributed by atoms with Crippen molar-refractivity contribution in [1.82, 2.24) is 4.90 Å². The molecule has 0 aliphatic carbocycles. The van der Waals surface area contributed by atoms with Gasteiger partial charge in [0.05, 0.1) is 0 Å². The van der Waals surface area contributed by atoms with Crippen LogP contribution in [0, 0.1) is 5.92 Å². The standard InChI is InChI=1S/C9H15F2NO/c1-3-5-12-6-4-7(8(12)13)9(2,10)11/h7H,3-6H2,1-2H3. The van der Waals surface area contributed by atoms with Gasteiger partial charge in [-0.25, -0.2) is 8.78 Å². The van der Waals surface area contributed by atoms with E-state index in [1.807, 2.05) is 6.92 Å². The molecule has 1 fully saturated rings. The monoisotopic (exact) mass is 191 g/mol. The number of hydrogen-bond donors (Lipinski definition) is 0. The second-order valence-electron chi connectivity index (χ2n) is 3.62. The summed E-state index contributed by atoms with van der Waals surface area (Å²) >= 11 is 0. The van der Waals surface area contributed by atoms with E-state index in [4.69, 9.17) is 0 Å².